The van der Waals surface area contributed by atoms with Gasteiger partial charge in [-0.2, -0.15) is 0 Å². The number of aromatic nitrogens is 2. The first kappa shape index (κ1) is 13.3. The molecule has 1 heterocycles. The molecular formula is C14H23N3O. The maximum Gasteiger partial charge on any atom is 0.129 e. The minimum Gasteiger partial charge on any atom is -0.378 e. The lowest BCUT2D eigenvalue weighted by molar-refractivity contribution is -0.0976. The Morgan fingerprint density at radius 2 is 2.17 bits per heavy atom. The van der Waals surface area contributed by atoms with E-state index in [1.807, 2.05) is 6.07 Å². The molecule has 1 aliphatic rings. The maximum atomic E-state index is 5.73. The van der Waals surface area contributed by atoms with Crippen molar-refractivity contribution >= 4 is 5.82 Å². The minimum atomic E-state index is 0.160. The Morgan fingerprint density at radius 1 is 1.39 bits per heavy atom. The van der Waals surface area contributed by atoms with Gasteiger partial charge in [-0.3, -0.25) is 0 Å². The molecule has 0 spiro atoms. The maximum absolute atomic E-state index is 5.73. The first-order chi connectivity index (χ1) is 8.57. The van der Waals surface area contributed by atoms with Crippen molar-refractivity contribution in [2.24, 2.45) is 5.41 Å². The molecule has 4 nitrogen and oxygen atoms in total. The molecule has 0 aromatic carbocycles. The molecule has 18 heavy (non-hydrogen) atoms. The first-order valence-electron chi connectivity index (χ1n) is 6.77. The molecule has 0 amide bonds. The molecule has 1 saturated carbocycles. The summed E-state index contributed by atoms with van der Waals surface area (Å²) in [5.74, 6) is 0.926. The zero-order valence-electron chi connectivity index (χ0n) is 11.7. The lowest BCUT2D eigenvalue weighted by Gasteiger charge is -2.51. The first-order valence-corrected chi connectivity index (χ1v) is 6.77. The lowest BCUT2D eigenvalue weighted by Crippen LogP contribution is -2.58. The summed E-state index contributed by atoms with van der Waals surface area (Å²) in [6.07, 6.45) is 3.97. The van der Waals surface area contributed by atoms with E-state index < -0.39 is 0 Å². The number of aryl methyl sites for hydroxylation is 1. The molecule has 2 atom stereocenters. The number of ether oxygens (including phenoxy) is 1. The molecule has 0 bridgehead atoms. The molecule has 1 fully saturated rings. The van der Waals surface area contributed by atoms with Gasteiger partial charge in [-0.05, 0) is 19.8 Å². The van der Waals surface area contributed by atoms with Crippen LogP contribution in [-0.2, 0) is 11.2 Å². The molecule has 4 heteroatoms. The predicted octanol–water partition coefficient (Wildman–Crippen LogP) is 2.65. The Morgan fingerprint density at radius 3 is 2.78 bits per heavy atom. The van der Waals surface area contributed by atoms with Crippen molar-refractivity contribution in [1.29, 1.82) is 0 Å². The summed E-state index contributed by atoms with van der Waals surface area (Å²) < 4.78 is 5.73. The van der Waals surface area contributed by atoms with Gasteiger partial charge in [0.05, 0.1) is 6.10 Å². The fourth-order valence-corrected chi connectivity index (χ4v) is 2.46. The summed E-state index contributed by atoms with van der Waals surface area (Å²) in [5.41, 5.74) is 1.24. The van der Waals surface area contributed by atoms with Crippen LogP contribution in [0.25, 0.3) is 0 Å². The van der Waals surface area contributed by atoms with E-state index in [2.05, 4.69) is 43.0 Å². The monoisotopic (exact) mass is 249 g/mol. The van der Waals surface area contributed by atoms with Crippen molar-refractivity contribution < 1.29 is 4.74 Å². The SMILES string of the molecule is CCOC1CC(Nc2cc(CC)ncn2)C1(C)C. The van der Waals surface area contributed by atoms with Crippen LogP contribution >= 0.6 is 0 Å². The average Bonchev–Trinajstić information content (AvgIpc) is 2.38. The summed E-state index contributed by atoms with van der Waals surface area (Å²) in [6.45, 7) is 9.43. The predicted molar refractivity (Wildman–Crippen MR) is 72.6 cm³/mol. The van der Waals surface area contributed by atoms with Crippen molar-refractivity contribution in [3.63, 3.8) is 0 Å². The third kappa shape index (κ3) is 2.48. The second-order valence-electron chi connectivity index (χ2n) is 5.45. The number of nitrogens with zero attached hydrogens (tertiary/aromatic N) is 2. The standard InChI is InChI=1S/C14H23N3O/c1-5-10-7-13(16-9-15-10)17-11-8-12(18-6-2)14(11,3)4/h7,9,11-12H,5-6,8H2,1-4H3,(H,15,16,17). The van der Waals surface area contributed by atoms with Crippen LogP contribution in [0.4, 0.5) is 5.82 Å². The van der Waals surface area contributed by atoms with Crippen LogP contribution in [0.15, 0.2) is 12.4 Å². The third-order valence-corrected chi connectivity index (χ3v) is 3.95. The van der Waals surface area contributed by atoms with E-state index in [4.69, 9.17) is 4.74 Å². The van der Waals surface area contributed by atoms with Crippen molar-refractivity contribution in [3.8, 4) is 0 Å². The van der Waals surface area contributed by atoms with Gasteiger partial charge in [0.2, 0.25) is 0 Å². The van der Waals surface area contributed by atoms with Gasteiger partial charge >= 0.3 is 0 Å². The van der Waals surface area contributed by atoms with Gasteiger partial charge in [-0.15, -0.1) is 0 Å². The summed E-state index contributed by atoms with van der Waals surface area (Å²) in [4.78, 5) is 8.50. The van der Waals surface area contributed by atoms with Gasteiger partial charge in [0.1, 0.15) is 12.1 Å². The Labute approximate surface area is 109 Å². The molecule has 1 aliphatic carbocycles. The van der Waals surface area contributed by atoms with E-state index in [0.717, 1.165) is 31.0 Å². The van der Waals surface area contributed by atoms with Crippen LogP contribution in [0.5, 0.6) is 0 Å². The van der Waals surface area contributed by atoms with Crippen LogP contribution in [0, 0.1) is 5.41 Å². The highest BCUT2D eigenvalue weighted by molar-refractivity contribution is 5.38. The molecule has 0 radical (unpaired) electrons. The molecule has 0 aliphatic heterocycles. The van der Waals surface area contributed by atoms with E-state index >= 15 is 0 Å². The summed E-state index contributed by atoms with van der Waals surface area (Å²) >= 11 is 0. The van der Waals surface area contributed by atoms with Gasteiger partial charge < -0.3 is 10.1 Å². The summed E-state index contributed by atoms with van der Waals surface area (Å²) in [5, 5.41) is 3.50. The fourth-order valence-electron chi connectivity index (χ4n) is 2.46. The van der Waals surface area contributed by atoms with Crippen molar-refractivity contribution in [2.75, 3.05) is 11.9 Å². The molecule has 1 aromatic heterocycles. The highest BCUT2D eigenvalue weighted by atomic mass is 16.5. The molecule has 2 rings (SSSR count). The molecule has 1 N–H and O–H groups in total. The average molecular weight is 249 g/mol. The number of rotatable bonds is 5. The number of hydrogen-bond donors (Lipinski definition) is 1. The summed E-state index contributed by atoms with van der Waals surface area (Å²) in [6, 6.07) is 2.46. The second-order valence-corrected chi connectivity index (χ2v) is 5.45. The van der Waals surface area contributed by atoms with Gasteiger partial charge in [-0.25, -0.2) is 9.97 Å². The molecule has 100 valence electrons. The smallest absolute Gasteiger partial charge is 0.129 e. The fraction of sp³-hybridized carbons (Fsp3) is 0.714. The normalized spacial score (nSPS) is 25.6. The minimum absolute atomic E-state index is 0.160. The molecule has 1 aromatic rings. The highest BCUT2D eigenvalue weighted by Gasteiger charge is 2.49. The van der Waals surface area contributed by atoms with Gasteiger partial charge in [0.25, 0.3) is 0 Å². The molecular weight excluding hydrogens is 226 g/mol. The Balaban J connectivity index is 1.98. The Kier molecular flexibility index (Phi) is 3.85. The molecule has 0 saturated heterocycles. The van der Waals surface area contributed by atoms with Gasteiger partial charge in [0.15, 0.2) is 0 Å². The zero-order valence-corrected chi connectivity index (χ0v) is 11.7. The van der Waals surface area contributed by atoms with Crippen LogP contribution in [-0.4, -0.2) is 28.7 Å². The van der Waals surface area contributed by atoms with E-state index in [1.54, 1.807) is 6.33 Å². The van der Waals surface area contributed by atoms with E-state index in [-0.39, 0.29) is 5.41 Å². The second kappa shape index (κ2) is 5.22. The number of hydrogen-bond acceptors (Lipinski definition) is 4. The van der Waals surface area contributed by atoms with Crippen LogP contribution < -0.4 is 5.32 Å². The summed E-state index contributed by atoms with van der Waals surface area (Å²) in [7, 11) is 0. The van der Waals surface area contributed by atoms with Crippen molar-refractivity contribution in [3.05, 3.63) is 18.1 Å². The zero-order chi connectivity index (χ0) is 13.2. The van der Waals surface area contributed by atoms with Gasteiger partial charge in [-0.1, -0.05) is 20.8 Å². The molecule has 2 unspecified atom stereocenters. The lowest BCUT2D eigenvalue weighted by atomic mass is 9.64. The largest absolute Gasteiger partial charge is 0.378 e. The quantitative estimate of drug-likeness (QED) is 0.871. The van der Waals surface area contributed by atoms with Crippen LogP contribution in [0.2, 0.25) is 0 Å². The van der Waals surface area contributed by atoms with Crippen molar-refractivity contribution in [2.45, 2.75) is 52.7 Å². The number of nitrogens with one attached hydrogen (secondary N) is 1. The third-order valence-electron chi connectivity index (χ3n) is 3.95. The topological polar surface area (TPSA) is 47.0 Å². The Bertz CT molecular complexity index is 406. The Hall–Kier alpha value is -1.16. The van der Waals surface area contributed by atoms with E-state index in [1.165, 1.54) is 0 Å². The van der Waals surface area contributed by atoms with E-state index in [0.29, 0.717) is 12.1 Å². The van der Waals surface area contributed by atoms with Crippen LogP contribution in [0.3, 0.4) is 0 Å². The van der Waals surface area contributed by atoms with Crippen LogP contribution in [0.1, 0.15) is 39.8 Å². The van der Waals surface area contributed by atoms with Gasteiger partial charge in [0, 0.05) is 29.8 Å². The highest BCUT2D eigenvalue weighted by Crippen LogP contribution is 2.44. The van der Waals surface area contributed by atoms with Crippen molar-refractivity contribution in [1.82, 2.24) is 9.97 Å². The number of anilines is 1. The van der Waals surface area contributed by atoms with E-state index in [9.17, 15) is 0 Å².